The molecule has 0 spiro atoms. The summed E-state index contributed by atoms with van der Waals surface area (Å²) in [7, 11) is 0. The smallest absolute Gasteiger partial charge is 0.0931 e. The number of ether oxygens (including phenoxy) is 1. The molecule has 1 saturated heterocycles. The number of nitrogens with two attached hydrogens (primary N) is 1. The summed E-state index contributed by atoms with van der Waals surface area (Å²) in [6, 6.07) is 0. The third-order valence-electron chi connectivity index (χ3n) is 1.08. The Kier molecular flexibility index (Phi) is 6.53. The molecule has 0 bridgehead atoms. The van der Waals surface area contributed by atoms with E-state index in [1.165, 1.54) is 0 Å². The second kappa shape index (κ2) is 7.15. The van der Waals surface area contributed by atoms with Crippen LogP contribution < -0.4 is 5.73 Å². The molecule has 1 rings (SSSR count). The van der Waals surface area contributed by atoms with Crippen molar-refractivity contribution < 1.29 is 4.74 Å². The quantitative estimate of drug-likeness (QED) is 0.352. The molecule has 1 atom stereocenters. The summed E-state index contributed by atoms with van der Waals surface area (Å²) in [5.41, 5.74) is 5.11. The van der Waals surface area contributed by atoms with Crippen molar-refractivity contribution in [3.63, 3.8) is 0 Å². The van der Waals surface area contributed by atoms with E-state index in [2.05, 4.69) is 11.8 Å². The van der Waals surface area contributed by atoms with Crippen LogP contribution in [0.4, 0.5) is 0 Å². The molecule has 2 N–H and O–H groups in total. The molecule has 1 aliphatic heterocycles. The van der Waals surface area contributed by atoms with Crippen LogP contribution in [0.3, 0.4) is 0 Å². The molecule has 11 heavy (non-hydrogen) atoms. The van der Waals surface area contributed by atoms with Crippen molar-refractivity contribution in [1.82, 2.24) is 0 Å². The lowest BCUT2D eigenvalue weighted by atomic mass is 10.3. The van der Waals surface area contributed by atoms with Gasteiger partial charge in [-0.3, -0.25) is 0 Å². The van der Waals surface area contributed by atoms with Crippen LogP contribution in [-0.4, -0.2) is 19.3 Å². The largest absolute Gasteiger partial charge is 0.372 e. The first-order chi connectivity index (χ1) is 5.35. The molecule has 0 aromatic rings. The van der Waals surface area contributed by atoms with Crippen LogP contribution in [0.1, 0.15) is 12.8 Å². The molecule has 1 aliphatic rings. The Morgan fingerprint density at radius 3 is 1.91 bits per heavy atom. The van der Waals surface area contributed by atoms with Crippen molar-refractivity contribution in [2.24, 2.45) is 5.73 Å². The highest BCUT2D eigenvalue weighted by Gasteiger charge is 2.18. The van der Waals surface area contributed by atoms with Gasteiger partial charge in [-0.15, -0.1) is 24.7 Å². The average Bonchev–Trinajstić information content (AvgIpc) is 2.84. The number of hydrogen-bond acceptors (Lipinski definition) is 2. The Bertz CT molecular complexity index is 145. The van der Waals surface area contributed by atoms with E-state index < -0.39 is 0 Å². The zero-order valence-corrected chi connectivity index (χ0v) is 6.55. The molecule has 0 radical (unpaired) electrons. The van der Waals surface area contributed by atoms with Crippen molar-refractivity contribution in [2.45, 2.75) is 18.9 Å². The van der Waals surface area contributed by atoms with E-state index in [-0.39, 0.29) is 0 Å². The minimum atomic E-state index is 0.412. The van der Waals surface area contributed by atoms with Gasteiger partial charge in [0.2, 0.25) is 0 Å². The summed E-state index contributed by atoms with van der Waals surface area (Å²) in [5.74, 6) is 4.85. The van der Waals surface area contributed by atoms with Crippen LogP contribution in [0.25, 0.3) is 0 Å². The first kappa shape index (κ1) is 10.0. The predicted molar refractivity (Wildman–Crippen MR) is 45.7 cm³/mol. The summed E-state index contributed by atoms with van der Waals surface area (Å²) in [4.78, 5) is 0. The monoisotopic (exact) mass is 151 g/mol. The zero-order valence-electron chi connectivity index (χ0n) is 6.55. The third-order valence-corrected chi connectivity index (χ3v) is 1.08. The van der Waals surface area contributed by atoms with Crippen LogP contribution >= 0.6 is 0 Å². The fourth-order valence-electron chi connectivity index (χ4n) is 0.348. The maximum atomic E-state index is 5.11. The molecule has 0 aromatic heterocycles. The third kappa shape index (κ3) is 9.04. The van der Waals surface area contributed by atoms with Gasteiger partial charge in [0.25, 0.3) is 0 Å². The minimum Gasteiger partial charge on any atom is -0.372 e. The average molecular weight is 151 g/mol. The number of terminal acetylenes is 2. The summed E-state index contributed by atoms with van der Waals surface area (Å²) in [5, 5.41) is 0. The van der Waals surface area contributed by atoms with E-state index in [1.54, 1.807) is 0 Å². The Hall–Kier alpha value is -0.960. The van der Waals surface area contributed by atoms with Crippen LogP contribution in [0.2, 0.25) is 0 Å². The SMILES string of the molecule is C#CCCC#C.NCC1CO1. The second-order valence-corrected chi connectivity index (χ2v) is 2.10. The summed E-state index contributed by atoms with van der Waals surface area (Å²) >= 11 is 0. The molecule has 1 heterocycles. The van der Waals surface area contributed by atoms with Gasteiger partial charge in [0.1, 0.15) is 0 Å². The Labute approximate surface area is 68.1 Å². The van der Waals surface area contributed by atoms with Crippen LogP contribution in [0.15, 0.2) is 0 Å². The number of hydrogen-bond donors (Lipinski definition) is 1. The predicted octanol–water partition coefficient (Wildman–Crippen LogP) is 0.377. The van der Waals surface area contributed by atoms with Gasteiger partial charge >= 0.3 is 0 Å². The van der Waals surface area contributed by atoms with Crippen molar-refractivity contribution in [3.05, 3.63) is 0 Å². The summed E-state index contributed by atoms with van der Waals surface area (Å²) in [6.07, 6.45) is 11.6. The van der Waals surface area contributed by atoms with Gasteiger partial charge in [0.15, 0.2) is 0 Å². The van der Waals surface area contributed by atoms with Gasteiger partial charge in [0.05, 0.1) is 12.7 Å². The molecular formula is C9H13NO. The van der Waals surface area contributed by atoms with E-state index in [0.717, 1.165) is 6.61 Å². The fraction of sp³-hybridized carbons (Fsp3) is 0.556. The minimum absolute atomic E-state index is 0.412. The van der Waals surface area contributed by atoms with Crippen LogP contribution in [0.5, 0.6) is 0 Å². The Morgan fingerprint density at radius 2 is 1.82 bits per heavy atom. The lowest BCUT2D eigenvalue weighted by Gasteiger charge is -1.71. The molecule has 0 saturated carbocycles. The zero-order chi connectivity index (χ0) is 8.53. The lowest BCUT2D eigenvalue weighted by molar-refractivity contribution is 0.412. The number of rotatable bonds is 2. The number of epoxide rings is 1. The Balaban J connectivity index is 0.000000183. The molecular weight excluding hydrogens is 138 g/mol. The van der Waals surface area contributed by atoms with Gasteiger partial charge in [-0.05, 0) is 0 Å². The molecule has 0 amide bonds. The maximum absolute atomic E-state index is 5.11. The van der Waals surface area contributed by atoms with Crippen LogP contribution in [-0.2, 0) is 4.74 Å². The molecule has 1 unspecified atom stereocenters. The lowest BCUT2D eigenvalue weighted by Crippen LogP contribution is -2.05. The van der Waals surface area contributed by atoms with E-state index in [0.29, 0.717) is 25.5 Å². The molecule has 0 aliphatic carbocycles. The maximum Gasteiger partial charge on any atom is 0.0931 e. The molecule has 0 aromatic carbocycles. The highest BCUT2D eigenvalue weighted by Crippen LogP contribution is 2.03. The highest BCUT2D eigenvalue weighted by molar-refractivity contribution is 4.92. The van der Waals surface area contributed by atoms with E-state index in [4.69, 9.17) is 23.3 Å². The molecule has 60 valence electrons. The standard InChI is InChI=1S/C6H6.C3H7NO/c1-3-5-6-4-2;4-1-3-2-5-3/h1-2H,5-6H2;3H,1-2,4H2. The van der Waals surface area contributed by atoms with Gasteiger partial charge in [-0.25, -0.2) is 0 Å². The highest BCUT2D eigenvalue weighted by atomic mass is 16.6. The first-order valence-electron chi connectivity index (χ1n) is 3.53. The van der Waals surface area contributed by atoms with E-state index in [9.17, 15) is 0 Å². The first-order valence-corrected chi connectivity index (χ1v) is 3.53. The molecule has 2 nitrogen and oxygen atoms in total. The van der Waals surface area contributed by atoms with Gasteiger partial charge in [-0.1, -0.05) is 0 Å². The number of unbranched alkanes of at least 4 members (excludes halogenated alkanes) is 1. The van der Waals surface area contributed by atoms with Crippen molar-refractivity contribution >= 4 is 0 Å². The van der Waals surface area contributed by atoms with E-state index in [1.807, 2.05) is 0 Å². The van der Waals surface area contributed by atoms with Crippen molar-refractivity contribution in [3.8, 4) is 24.7 Å². The molecule has 1 fully saturated rings. The van der Waals surface area contributed by atoms with Gasteiger partial charge < -0.3 is 10.5 Å². The Morgan fingerprint density at radius 1 is 1.36 bits per heavy atom. The van der Waals surface area contributed by atoms with E-state index >= 15 is 0 Å². The van der Waals surface area contributed by atoms with Crippen molar-refractivity contribution in [1.29, 1.82) is 0 Å². The van der Waals surface area contributed by atoms with Crippen LogP contribution in [0, 0.1) is 24.7 Å². The summed E-state index contributed by atoms with van der Waals surface area (Å²) in [6.45, 7) is 1.58. The topological polar surface area (TPSA) is 38.5 Å². The van der Waals surface area contributed by atoms with Crippen molar-refractivity contribution in [2.75, 3.05) is 13.2 Å². The fourth-order valence-corrected chi connectivity index (χ4v) is 0.348. The normalized spacial score (nSPS) is 18.6. The van der Waals surface area contributed by atoms with Gasteiger partial charge in [0, 0.05) is 19.4 Å². The van der Waals surface area contributed by atoms with Gasteiger partial charge in [-0.2, -0.15) is 0 Å². The summed E-state index contributed by atoms with van der Waals surface area (Å²) < 4.78 is 4.73. The second-order valence-electron chi connectivity index (χ2n) is 2.10. The molecule has 2 heteroatoms.